The summed E-state index contributed by atoms with van der Waals surface area (Å²) in [7, 11) is 0. The molecule has 5 rings (SSSR count). The Labute approximate surface area is 159 Å². The van der Waals surface area contributed by atoms with Gasteiger partial charge < -0.3 is 4.57 Å². The average molecular weight is 374 g/mol. The Balaban J connectivity index is 1.90. The summed E-state index contributed by atoms with van der Waals surface area (Å²) in [4.78, 5) is 8.72. The van der Waals surface area contributed by atoms with Crippen LogP contribution in [0.25, 0.3) is 38.8 Å². The summed E-state index contributed by atoms with van der Waals surface area (Å²) in [6, 6.07) is 18.5. The topological polar surface area (TPSA) is 30.7 Å². The lowest BCUT2D eigenvalue weighted by Gasteiger charge is -2.14. The van der Waals surface area contributed by atoms with Crippen molar-refractivity contribution in [2.75, 3.05) is 0 Å². The number of nitrogens with zero attached hydrogens (tertiary/aromatic N) is 3. The maximum absolute atomic E-state index is 15.8. The van der Waals surface area contributed by atoms with Crippen molar-refractivity contribution in [2.24, 2.45) is 0 Å². The normalized spacial score (nSPS) is 11.3. The molecule has 0 aliphatic rings. The van der Waals surface area contributed by atoms with Gasteiger partial charge in [-0.3, -0.25) is 4.98 Å². The van der Waals surface area contributed by atoms with Crippen LogP contribution in [-0.4, -0.2) is 14.5 Å². The number of pyridine rings is 2. The van der Waals surface area contributed by atoms with Crippen molar-refractivity contribution in [1.82, 2.24) is 14.5 Å². The van der Waals surface area contributed by atoms with Gasteiger partial charge in [0.2, 0.25) is 0 Å². The fraction of sp³-hybridized carbons (Fsp3) is 0. The van der Waals surface area contributed by atoms with Crippen molar-refractivity contribution in [2.45, 2.75) is 0 Å². The number of para-hydroxylation sites is 1. The molecule has 0 spiro atoms. The van der Waals surface area contributed by atoms with Crippen molar-refractivity contribution in [3.8, 4) is 16.9 Å². The highest BCUT2D eigenvalue weighted by atomic mass is 35.5. The zero-order valence-corrected chi connectivity index (χ0v) is 14.9. The molecule has 3 heterocycles. The molecule has 3 nitrogen and oxygen atoms in total. The first-order valence-corrected chi connectivity index (χ1v) is 8.86. The Hall–Kier alpha value is -3.24. The molecule has 0 atom stereocenters. The fourth-order valence-electron chi connectivity index (χ4n) is 3.41. The van der Waals surface area contributed by atoms with Crippen molar-refractivity contribution in [3.63, 3.8) is 0 Å². The fourth-order valence-corrected chi connectivity index (χ4v) is 3.60. The number of hydrogen-bond donors (Lipinski definition) is 0. The van der Waals surface area contributed by atoms with Crippen LogP contribution in [0.3, 0.4) is 0 Å². The van der Waals surface area contributed by atoms with E-state index in [1.807, 2.05) is 53.2 Å². The highest BCUT2D eigenvalue weighted by Gasteiger charge is 2.19. The lowest BCUT2D eigenvalue weighted by molar-refractivity contribution is 0.621. The van der Waals surface area contributed by atoms with Crippen LogP contribution in [0.2, 0.25) is 5.02 Å². The Bertz CT molecular complexity index is 1310. The zero-order chi connectivity index (χ0) is 18.4. The minimum absolute atomic E-state index is 0.280. The van der Waals surface area contributed by atoms with Gasteiger partial charge in [-0.1, -0.05) is 41.9 Å². The van der Waals surface area contributed by atoms with Gasteiger partial charge in [-0.2, -0.15) is 0 Å². The Morgan fingerprint density at radius 3 is 2.74 bits per heavy atom. The van der Waals surface area contributed by atoms with Crippen LogP contribution in [0.15, 0.2) is 79.3 Å². The van der Waals surface area contributed by atoms with Crippen LogP contribution in [0.1, 0.15) is 0 Å². The second-order valence-corrected chi connectivity index (χ2v) is 6.71. The molecule has 0 N–H and O–H groups in total. The van der Waals surface area contributed by atoms with Gasteiger partial charge in [0.05, 0.1) is 16.7 Å². The van der Waals surface area contributed by atoms with E-state index in [0.717, 1.165) is 21.8 Å². The predicted octanol–water partition coefficient (Wildman–Crippen LogP) is 6.03. The molecule has 0 aliphatic heterocycles. The summed E-state index contributed by atoms with van der Waals surface area (Å²) in [6.07, 6.45) is 5.34. The van der Waals surface area contributed by atoms with Gasteiger partial charge in [-0.25, -0.2) is 9.37 Å². The lowest BCUT2D eigenvalue weighted by Crippen LogP contribution is -2.02. The number of halogens is 2. The van der Waals surface area contributed by atoms with Crippen LogP contribution in [0.4, 0.5) is 4.39 Å². The smallest absolute Gasteiger partial charge is 0.174 e. The van der Waals surface area contributed by atoms with E-state index < -0.39 is 0 Å². The third kappa shape index (κ3) is 2.57. The van der Waals surface area contributed by atoms with Gasteiger partial charge in [0.15, 0.2) is 5.82 Å². The standard InChI is InChI=1S/C22H13ClFN3/c23-16-5-3-4-14(12-16)21-20(24)22(17-6-1-2-7-18(17)26-21)27-11-9-15-13-25-10-8-19(15)27/h1-13H. The molecule has 27 heavy (non-hydrogen) atoms. The molecule has 0 aliphatic carbocycles. The van der Waals surface area contributed by atoms with E-state index in [4.69, 9.17) is 11.6 Å². The lowest BCUT2D eigenvalue weighted by atomic mass is 10.1. The highest BCUT2D eigenvalue weighted by Crippen LogP contribution is 2.34. The first-order valence-electron chi connectivity index (χ1n) is 8.48. The maximum Gasteiger partial charge on any atom is 0.174 e. The van der Waals surface area contributed by atoms with E-state index in [2.05, 4.69) is 9.97 Å². The summed E-state index contributed by atoms with van der Waals surface area (Å²) < 4.78 is 17.6. The van der Waals surface area contributed by atoms with Crippen molar-refractivity contribution in [3.05, 3.63) is 90.1 Å². The number of hydrogen-bond acceptors (Lipinski definition) is 2. The molecule has 0 saturated carbocycles. The first kappa shape index (κ1) is 16.0. The molecule has 0 saturated heterocycles. The van der Waals surface area contributed by atoms with Crippen molar-refractivity contribution >= 4 is 33.4 Å². The van der Waals surface area contributed by atoms with E-state index in [1.165, 1.54) is 0 Å². The van der Waals surface area contributed by atoms with E-state index in [-0.39, 0.29) is 11.5 Å². The third-order valence-electron chi connectivity index (χ3n) is 4.64. The predicted molar refractivity (Wildman–Crippen MR) is 107 cm³/mol. The summed E-state index contributed by atoms with van der Waals surface area (Å²) in [5, 5.41) is 2.23. The number of aromatic nitrogens is 3. The zero-order valence-electron chi connectivity index (χ0n) is 14.1. The monoisotopic (exact) mass is 373 g/mol. The van der Waals surface area contributed by atoms with Crippen molar-refractivity contribution < 1.29 is 4.39 Å². The molecule has 0 amide bonds. The molecule has 2 aromatic carbocycles. The second-order valence-electron chi connectivity index (χ2n) is 6.27. The Morgan fingerprint density at radius 1 is 0.963 bits per heavy atom. The molecule has 0 unspecified atom stereocenters. The molecule has 0 fully saturated rings. The Kier molecular flexibility index (Phi) is 3.66. The first-order chi connectivity index (χ1) is 13.2. The molecule has 0 bridgehead atoms. The van der Waals surface area contributed by atoms with Crippen LogP contribution in [0.5, 0.6) is 0 Å². The van der Waals surface area contributed by atoms with Crippen molar-refractivity contribution in [1.29, 1.82) is 0 Å². The molecule has 130 valence electrons. The summed E-state index contributed by atoms with van der Waals surface area (Å²) in [5.41, 5.74) is 3.00. The largest absolute Gasteiger partial charge is 0.313 e. The molecule has 5 heteroatoms. The van der Waals surface area contributed by atoms with Gasteiger partial charge in [0.25, 0.3) is 0 Å². The molecular formula is C22H13ClFN3. The molecule has 0 radical (unpaired) electrons. The summed E-state index contributed by atoms with van der Waals surface area (Å²) >= 11 is 6.12. The van der Waals surface area contributed by atoms with Crippen LogP contribution in [-0.2, 0) is 0 Å². The minimum Gasteiger partial charge on any atom is -0.313 e. The number of benzene rings is 2. The van der Waals surface area contributed by atoms with E-state index in [1.54, 1.807) is 30.6 Å². The second kappa shape index (κ2) is 6.18. The maximum atomic E-state index is 15.8. The van der Waals surface area contributed by atoms with Gasteiger partial charge in [0.1, 0.15) is 5.69 Å². The van der Waals surface area contributed by atoms with E-state index in [0.29, 0.717) is 16.3 Å². The van der Waals surface area contributed by atoms with Crippen LogP contribution in [0, 0.1) is 5.82 Å². The third-order valence-corrected chi connectivity index (χ3v) is 4.87. The highest BCUT2D eigenvalue weighted by molar-refractivity contribution is 6.30. The van der Waals surface area contributed by atoms with E-state index in [9.17, 15) is 0 Å². The van der Waals surface area contributed by atoms with Gasteiger partial charge in [-0.15, -0.1) is 0 Å². The number of rotatable bonds is 2. The van der Waals surface area contributed by atoms with Crippen LogP contribution >= 0.6 is 11.6 Å². The molecule has 5 aromatic rings. The number of fused-ring (bicyclic) bond motifs is 2. The Morgan fingerprint density at radius 2 is 1.85 bits per heavy atom. The SMILES string of the molecule is Fc1c(-c2cccc(Cl)c2)nc2ccccc2c1-n1ccc2cnccc21. The average Bonchev–Trinajstić information content (AvgIpc) is 3.11. The quantitative estimate of drug-likeness (QED) is 0.378. The van der Waals surface area contributed by atoms with Gasteiger partial charge >= 0.3 is 0 Å². The minimum atomic E-state index is -0.384. The molecular weight excluding hydrogens is 361 g/mol. The van der Waals surface area contributed by atoms with Crippen LogP contribution < -0.4 is 0 Å². The van der Waals surface area contributed by atoms with E-state index >= 15 is 4.39 Å². The van der Waals surface area contributed by atoms with Gasteiger partial charge in [0, 0.05) is 39.9 Å². The molecule has 3 aromatic heterocycles. The van der Waals surface area contributed by atoms with Gasteiger partial charge in [-0.05, 0) is 30.3 Å². The summed E-state index contributed by atoms with van der Waals surface area (Å²) in [5.74, 6) is -0.384. The summed E-state index contributed by atoms with van der Waals surface area (Å²) in [6.45, 7) is 0.